The van der Waals surface area contributed by atoms with Crippen molar-refractivity contribution in [1.29, 1.82) is 0 Å². The minimum atomic E-state index is -0.141. The van der Waals surface area contributed by atoms with Gasteiger partial charge in [-0.3, -0.25) is 0 Å². The summed E-state index contributed by atoms with van der Waals surface area (Å²) in [5.41, 5.74) is 8.72. The summed E-state index contributed by atoms with van der Waals surface area (Å²) in [6.07, 6.45) is 1.51. The Bertz CT molecular complexity index is 514. The van der Waals surface area contributed by atoms with Crippen molar-refractivity contribution in [2.75, 3.05) is 0 Å². The lowest BCUT2D eigenvalue weighted by molar-refractivity contribution is 0.0720. The highest BCUT2D eigenvalue weighted by atomic mass is 16.3. The van der Waals surface area contributed by atoms with Crippen LogP contribution in [0.2, 0.25) is 0 Å². The number of H-pyrrole nitrogens is 1. The summed E-state index contributed by atoms with van der Waals surface area (Å²) in [6, 6.07) is 6.04. The second-order valence-electron chi connectivity index (χ2n) is 4.50. The summed E-state index contributed by atoms with van der Waals surface area (Å²) in [6.45, 7) is 0.548. The van der Waals surface area contributed by atoms with Crippen molar-refractivity contribution in [2.45, 2.75) is 31.4 Å². The number of aromatic amines is 1. The number of hydrogen-bond acceptors (Lipinski definition) is 3. The Morgan fingerprint density at radius 2 is 2.25 bits per heavy atom. The highest BCUT2D eigenvalue weighted by Crippen LogP contribution is 2.35. The van der Waals surface area contributed by atoms with Crippen molar-refractivity contribution in [3.63, 3.8) is 0 Å². The number of hydrogen-bond donors (Lipinski definition) is 3. The lowest BCUT2D eigenvalue weighted by Crippen LogP contribution is -2.27. The third-order valence-electron chi connectivity index (χ3n) is 3.30. The van der Waals surface area contributed by atoms with Gasteiger partial charge in [0.2, 0.25) is 0 Å². The highest BCUT2D eigenvalue weighted by molar-refractivity contribution is 5.76. The molecule has 0 spiro atoms. The van der Waals surface area contributed by atoms with Gasteiger partial charge in [-0.05, 0) is 30.5 Å². The number of nitrogens with zero attached hydrogens (tertiary/aromatic N) is 1. The largest absolute Gasteiger partial charge is 0.393 e. The van der Waals surface area contributed by atoms with Gasteiger partial charge >= 0.3 is 0 Å². The van der Waals surface area contributed by atoms with E-state index in [0.717, 1.165) is 35.3 Å². The van der Waals surface area contributed by atoms with Crippen LogP contribution in [0.3, 0.4) is 0 Å². The summed E-state index contributed by atoms with van der Waals surface area (Å²) in [4.78, 5) is 7.85. The molecule has 1 aromatic heterocycles. The number of nitrogens with one attached hydrogen (secondary N) is 1. The molecule has 4 heteroatoms. The SMILES string of the molecule is NCc1ccc2nc(C3CC(O)C3)[nH]c2c1. The maximum Gasteiger partial charge on any atom is 0.110 e. The molecule has 4 nitrogen and oxygen atoms in total. The van der Waals surface area contributed by atoms with Gasteiger partial charge in [-0.15, -0.1) is 0 Å². The molecule has 0 unspecified atom stereocenters. The second-order valence-corrected chi connectivity index (χ2v) is 4.50. The fourth-order valence-electron chi connectivity index (χ4n) is 2.21. The molecule has 4 N–H and O–H groups in total. The Balaban J connectivity index is 1.96. The Labute approximate surface area is 93.5 Å². The van der Waals surface area contributed by atoms with Gasteiger partial charge in [0.15, 0.2) is 0 Å². The molecule has 0 amide bonds. The van der Waals surface area contributed by atoms with E-state index in [1.807, 2.05) is 18.2 Å². The minimum Gasteiger partial charge on any atom is -0.393 e. The maximum atomic E-state index is 9.28. The standard InChI is InChI=1S/C12H15N3O/c13-6-7-1-2-10-11(3-7)15-12(14-10)8-4-9(16)5-8/h1-3,8-9,16H,4-6,13H2,(H,14,15). The lowest BCUT2D eigenvalue weighted by atomic mass is 9.82. The van der Waals surface area contributed by atoms with Crippen LogP contribution in [-0.4, -0.2) is 21.2 Å². The number of imidazole rings is 1. The molecule has 1 fully saturated rings. The molecule has 84 valence electrons. The van der Waals surface area contributed by atoms with Crippen LogP contribution in [0, 0.1) is 0 Å². The van der Waals surface area contributed by atoms with Crippen LogP contribution in [0.25, 0.3) is 11.0 Å². The maximum absolute atomic E-state index is 9.28. The van der Waals surface area contributed by atoms with E-state index in [4.69, 9.17) is 5.73 Å². The monoisotopic (exact) mass is 217 g/mol. The molecular weight excluding hydrogens is 202 g/mol. The van der Waals surface area contributed by atoms with E-state index in [1.165, 1.54) is 0 Å². The van der Waals surface area contributed by atoms with E-state index in [0.29, 0.717) is 12.5 Å². The van der Waals surface area contributed by atoms with Gasteiger partial charge in [0.1, 0.15) is 5.82 Å². The summed E-state index contributed by atoms with van der Waals surface area (Å²) >= 11 is 0. The topological polar surface area (TPSA) is 74.9 Å². The summed E-state index contributed by atoms with van der Waals surface area (Å²) in [5.74, 6) is 1.39. The van der Waals surface area contributed by atoms with E-state index in [2.05, 4.69) is 9.97 Å². The fourth-order valence-corrected chi connectivity index (χ4v) is 2.21. The third-order valence-corrected chi connectivity index (χ3v) is 3.30. The number of fused-ring (bicyclic) bond motifs is 1. The zero-order valence-corrected chi connectivity index (χ0v) is 8.98. The number of aliphatic hydroxyl groups is 1. The Morgan fingerprint density at radius 1 is 1.44 bits per heavy atom. The van der Waals surface area contributed by atoms with Gasteiger partial charge in [0, 0.05) is 12.5 Å². The van der Waals surface area contributed by atoms with Crippen LogP contribution in [-0.2, 0) is 6.54 Å². The Hall–Kier alpha value is -1.39. The first kappa shape index (κ1) is 9.81. The van der Waals surface area contributed by atoms with Crippen LogP contribution in [0.5, 0.6) is 0 Å². The number of rotatable bonds is 2. The van der Waals surface area contributed by atoms with E-state index in [1.54, 1.807) is 0 Å². The molecule has 0 atom stereocenters. The van der Waals surface area contributed by atoms with Crippen molar-refractivity contribution in [1.82, 2.24) is 9.97 Å². The van der Waals surface area contributed by atoms with Crippen molar-refractivity contribution in [2.24, 2.45) is 5.73 Å². The minimum absolute atomic E-state index is 0.141. The molecule has 0 radical (unpaired) electrons. The van der Waals surface area contributed by atoms with Gasteiger partial charge in [-0.25, -0.2) is 4.98 Å². The predicted molar refractivity (Wildman–Crippen MR) is 62.0 cm³/mol. The van der Waals surface area contributed by atoms with Gasteiger partial charge in [-0.2, -0.15) is 0 Å². The molecule has 3 rings (SSSR count). The molecule has 0 bridgehead atoms. The molecule has 2 aromatic rings. The molecule has 1 aliphatic carbocycles. The van der Waals surface area contributed by atoms with Crippen molar-refractivity contribution in [3.05, 3.63) is 29.6 Å². The first-order valence-corrected chi connectivity index (χ1v) is 5.63. The average Bonchev–Trinajstić information content (AvgIpc) is 2.66. The van der Waals surface area contributed by atoms with Crippen LogP contribution in [0.1, 0.15) is 30.1 Å². The molecule has 1 aromatic carbocycles. The molecule has 0 aliphatic heterocycles. The molecule has 1 aliphatic rings. The zero-order valence-electron chi connectivity index (χ0n) is 8.98. The Kier molecular flexibility index (Phi) is 2.19. The van der Waals surface area contributed by atoms with E-state index in [9.17, 15) is 5.11 Å². The van der Waals surface area contributed by atoms with Gasteiger partial charge in [-0.1, -0.05) is 6.07 Å². The number of aliphatic hydroxyl groups excluding tert-OH is 1. The Morgan fingerprint density at radius 3 is 2.94 bits per heavy atom. The first-order chi connectivity index (χ1) is 7.76. The zero-order chi connectivity index (χ0) is 11.1. The third kappa shape index (κ3) is 1.50. The van der Waals surface area contributed by atoms with E-state index < -0.39 is 0 Å². The van der Waals surface area contributed by atoms with Gasteiger partial charge in [0.05, 0.1) is 17.1 Å². The normalized spacial score (nSPS) is 24.6. The first-order valence-electron chi connectivity index (χ1n) is 5.63. The smallest absolute Gasteiger partial charge is 0.110 e. The van der Waals surface area contributed by atoms with Crippen molar-refractivity contribution >= 4 is 11.0 Å². The highest BCUT2D eigenvalue weighted by Gasteiger charge is 2.30. The second kappa shape index (κ2) is 3.57. The predicted octanol–water partition coefficient (Wildman–Crippen LogP) is 1.26. The van der Waals surface area contributed by atoms with Crippen molar-refractivity contribution in [3.8, 4) is 0 Å². The van der Waals surface area contributed by atoms with Gasteiger partial charge < -0.3 is 15.8 Å². The number of benzene rings is 1. The summed E-state index contributed by atoms with van der Waals surface area (Å²) in [5, 5.41) is 9.28. The molecule has 1 saturated carbocycles. The summed E-state index contributed by atoms with van der Waals surface area (Å²) in [7, 11) is 0. The molecule has 0 saturated heterocycles. The van der Waals surface area contributed by atoms with Crippen LogP contribution < -0.4 is 5.73 Å². The summed E-state index contributed by atoms with van der Waals surface area (Å²) < 4.78 is 0. The van der Waals surface area contributed by atoms with Gasteiger partial charge in [0.25, 0.3) is 0 Å². The van der Waals surface area contributed by atoms with E-state index in [-0.39, 0.29) is 6.10 Å². The molecular formula is C12H15N3O. The fraction of sp³-hybridized carbons (Fsp3) is 0.417. The van der Waals surface area contributed by atoms with E-state index >= 15 is 0 Å². The van der Waals surface area contributed by atoms with Crippen LogP contribution >= 0.6 is 0 Å². The molecule has 1 heterocycles. The lowest BCUT2D eigenvalue weighted by Gasteiger charge is -2.29. The van der Waals surface area contributed by atoms with Crippen molar-refractivity contribution < 1.29 is 5.11 Å². The quantitative estimate of drug-likeness (QED) is 0.709. The van der Waals surface area contributed by atoms with Crippen LogP contribution in [0.4, 0.5) is 0 Å². The molecule has 16 heavy (non-hydrogen) atoms. The average molecular weight is 217 g/mol. The number of nitrogens with two attached hydrogens (primary N) is 1. The number of aromatic nitrogens is 2. The van der Waals surface area contributed by atoms with Crippen LogP contribution in [0.15, 0.2) is 18.2 Å².